The molecule has 0 aliphatic heterocycles. The van der Waals surface area contributed by atoms with E-state index in [4.69, 9.17) is 11.6 Å². The quantitative estimate of drug-likeness (QED) is 0.833. The molecule has 0 unspecified atom stereocenters. The molecule has 0 atom stereocenters. The SMILES string of the molecule is CCNCc1cc(Cl)ccc1Sc1nccc(=O)[nH]1. The number of nitrogens with zero attached hydrogens (tertiary/aromatic N) is 1. The Morgan fingerprint density at radius 1 is 1.42 bits per heavy atom. The van der Waals surface area contributed by atoms with Crippen LogP contribution in [0.25, 0.3) is 0 Å². The molecule has 2 N–H and O–H groups in total. The van der Waals surface area contributed by atoms with Crippen molar-refractivity contribution in [2.75, 3.05) is 6.54 Å². The topological polar surface area (TPSA) is 57.8 Å². The Labute approximate surface area is 120 Å². The Morgan fingerprint density at radius 3 is 3.00 bits per heavy atom. The van der Waals surface area contributed by atoms with Crippen molar-refractivity contribution in [1.82, 2.24) is 15.3 Å². The molecule has 1 heterocycles. The second kappa shape index (κ2) is 6.75. The number of hydrogen-bond acceptors (Lipinski definition) is 4. The highest BCUT2D eigenvalue weighted by Gasteiger charge is 2.06. The number of nitrogens with one attached hydrogen (secondary N) is 2. The molecule has 0 fully saturated rings. The van der Waals surface area contributed by atoms with Gasteiger partial charge in [-0.3, -0.25) is 4.79 Å². The summed E-state index contributed by atoms with van der Waals surface area (Å²) >= 11 is 7.44. The lowest BCUT2D eigenvalue weighted by Crippen LogP contribution is -2.12. The maximum atomic E-state index is 11.2. The summed E-state index contributed by atoms with van der Waals surface area (Å²) in [6.45, 7) is 3.67. The van der Waals surface area contributed by atoms with E-state index >= 15 is 0 Å². The predicted molar refractivity (Wildman–Crippen MR) is 77.8 cm³/mol. The lowest BCUT2D eigenvalue weighted by Gasteiger charge is -2.09. The third kappa shape index (κ3) is 4.09. The zero-order chi connectivity index (χ0) is 13.7. The minimum atomic E-state index is -0.153. The molecule has 4 nitrogen and oxygen atoms in total. The van der Waals surface area contributed by atoms with Crippen LogP contribution in [-0.4, -0.2) is 16.5 Å². The molecule has 100 valence electrons. The van der Waals surface area contributed by atoms with Gasteiger partial charge in [0.15, 0.2) is 5.16 Å². The number of H-pyrrole nitrogens is 1. The molecule has 2 aromatic rings. The van der Waals surface area contributed by atoms with Crippen molar-refractivity contribution in [3.05, 3.63) is 51.4 Å². The summed E-state index contributed by atoms with van der Waals surface area (Å²) in [5.74, 6) is 0. The summed E-state index contributed by atoms with van der Waals surface area (Å²) in [6, 6.07) is 7.09. The summed E-state index contributed by atoms with van der Waals surface area (Å²) in [5, 5.41) is 4.54. The molecule has 0 aliphatic rings. The first kappa shape index (κ1) is 14.1. The highest BCUT2D eigenvalue weighted by molar-refractivity contribution is 7.99. The van der Waals surface area contributed by atoms with Gasteiger partial charge < -0.3 is 10.3 Å². The highest BCUT2D eigenvalue weighted by Crippen LogP contribution is 2.29. The van der Waals surface area contributed by atoms with E-state index in [-0.39, 0.29) is 5.56 Å². The van der Waals surface area contributed by atoms with E-state index in [9.17, 15) is 4.79 Å². The molecule has 1 aromatic heterocycles. The van der Waals surface area contributed by atoms with Gasteiger partial charge in [0.2, 0.25) is 0 Å². The molecule has 0 radical (unpaired) electrons. The standard InChI is InChI=1S/C13H14ClN3OS/c1-2-15-8-9-7-10(14)3-4-11(9)19-13-16-6-5-12(18)17-13/h3-7,15H,2,8H2,1H3,(H,16,17,18). The van der Waals surface area contributed by atoms with Gasteiger partial charge in [-0.25, -0.2) is 4.98 Å². The second-order valence-corrected chi connectivity index (χ2v) is 5.34. The summed E-state index contributed by atoms with van der Waals surface area (Å²) in [5.41, 5.74) is 0.936. The number of hydrogen-bond donors (Lipinski definition) is 2. The van der Waals surface area contributed by atoms with E-state index < -0.39 is 0 Å². The largest absolute Gasteiger partial charge is 0.313 e. The van der Waals surface area contributed by atoms with Crippen LogP contribution in [0.5, 0.6) is 0 Å². The van der Waals surface area contributed by atoms with Crippen LogP contribution in [0.3, 0.4) is 0 Å². The van der Waals surface area contributed by atoms with E-state index in [2.05, 4.69) is 15.3 Å². The van der Waals surface area contributed by atoms with Gasteiger partial charge in [-0.1, -0.05) is 30.3 Å². The van der Waals surface area contributed by atoms with Crippen LogP contribution >= 0.6 is 23.4 Å². The minimum absolute atomic E-state index is 0.153. The van der Waals surface area contributed by atoms with Crippen LogP contribution in [0.15, 0.2) is 45.3 Å². The van der Waals surface area contributed by atoms with Crippen molar-refractivity contribution in [2.24, 2.45) is 0 Å². The first-order chi connectivity index (χ1) is 9.19. The molecular formula is C13H14ClN3OS. The zero-order valence-corrected chi connectivity index (χ0v) is 12.0. The van der Waals surface area contributed by atoms with Gasteiger partial charge in [-0.05, 0) is 30.3 Å². The van der Waals surface area contributed by atoms with Crippen molar-refractivity contribution in [2.45, 2.75) is 23.5 Å². The highest BCUT2D eigenvalue weighted by atomic mass is 35.5. The smallest absolute Gasteiger partial charge is 0.251 e. The number of rotatable bonds is 5. The third-order valence-corrected chi connectivity index (χ3v) is 3.70. The van der Waals surface area contributed by atoms with Gasteiger partial charge in [-0.15, -0.1) is 0 Å². The van der Waals surface area contributed by atoms with Crippen molar-refractivity contribution < 1.29 is 0 Å². The molecule has 0 amide bonds. The van der Waals surface area contributed by atoms with Gasteiger partial charge in [0.1, 0.15) is 0 Å². The van der Waals surface area contributed by atoms with Crippen molar-refractivity contribution in [3.8, 4) is 0 Å². The summed E-state index contributed by atoms with van der Waals surface area (Å²) < 4.78 is 0. The molecule has 0 saturated carbocycles. The zero-order valence-electron chi connectivity index (χ0n) is 10.4. The Balaban J connectivity index is 2.26. The van der Waals surface area contributed by atoms with Gasteiger partial charge in [0.25, 0.3) is 5.56 Å². The van der Waals surface area contributed by atoms with Crippen LogP contribution in [-0.2, 0) is 6.54 Å². The van der Waals surface area contributed by atoms with Crippen molar-refractivity contribution >= 4 is 23.4 Å². The predicted octanol–water partition coefficient (Wildman–Crippen LogP) is 2.68. The average Bonchev–Trinajstić information content (AvgIpc) is 2.39. The number of halogens is 1. The number of aromatic nitrogens is 2. The maximum Gasteiger partial charge on any atom is 0.251 e. The molecule has 0 spiro atoms. The van der Waals surface area contributed by atoms with E-state index in [1.54, 1.807) is 0 Å². The maximum absolute atomic E-state index is 11.2. The molecule has 0 saturated heterocycles. The normalized spacial score (nSPS) is 10.6. The Bertz CT molecular complexity index is 615. The third-order valence-electron chi connectivity index (χ3n) is 2.44. The fraction of sp³-hybridized carbons (Fsp3) is 0.231. The van der Waals surface area contributed by atoms with E-state index in [0.717, 1.165) is 23.5 Å². The minimum Gasteiger partial charge on any atom is -0.313 e. The van der Waals surface area contributed by atoms with Crippen LogP contribution in [0, 0.1) is 0 Å². The van der Waals surface area contributed by atoms with Crippen molar-refractivity contribution in [1.29, 1.82) is 0 Å². The number of benzene rings is 1. The first-order valence-corrected chi connectivity index (χ1v) is 7.11. The van der Waals surface area contributed by atoms with Gasteiger partial charge >= 0.3 is 0 Å². The monoisotopic (exact) mass is 295 g/mol. The Hall–Kier alpha value is -1.30. The van der Waals surface area contributed by atoms with E-state index in [1.165, 1.54) is 24.0 Å². The van der Waals surface area contributed by atoms with Gasteiger partial charge in [0.05, 0.1) is 0 Å². The summed E-state index contributed by atoms with van der Waals surface area (Å²) in [7, 11) is 0. The molecule has 0 aliphatic carbocycles. The fourth-order valence-corrected chi connectivity index (χ4v) is 2.62. The Kier molecular flexibility index (Phi) is 5.01. The van der Waals surface area contributed by atoms with Crippen LogP contribution in [0.4, 0.5) is 0 Å². The van der Waals surface area contributed by atoms with Gasteiger partial charge in [-0.2, -0.15) is 0 Å². The van der Waals surface area contributed by atoms with Crippen LogP contribution < -0.4 is 10.9 Å². The van der Waals surface area contributed by atoms with E-state index in [1.807, 2.05) is 25.1 Å². The molecule has 6 heteroatoms. The fourth-order valence-electron chi connectivity index (χ4n) is 1.55. The first-order valence-electron chi connectivity index (χ1n) is 5.91. The molecule has 0 bridgehead atoms. The number of aromatic amines is 1. The molecular weight excluding hydrogens is 282 g/mol. The summed E-state index contributed by atoms with van der Waals surface area (Å²) in [6.07, 6.45) is 1.50. The average molecular weight is 296 g/mol. The molecule has 2 rings (SSSR count). The van der Waals surface area contributed by atoms with Crippen LogP contribution in [0.1, 0.15) is 12.5 Å². The summed E-state index contributed by atoms with van der Waals surface area (Å²) in [4.78, 5) is 19.1. The lowest BCUT2D eigenvalue weighted by atomic mass is 10.2. The second-order valence-electron chi connectivity index (χ2n) is 3.87. The van der Waals surface area contributed by atoms with E-state index in [0.29, 0.717) is 10.2 Å². The Morgan fingerprint density at radius 2 is 2.26 bits per heavy atom. The molecule has 1 aromatic carbocycles. The van der Waals surface area contributed by atoms with Crippen molar-refractivity contribution in [3.63, 3.8) is 0 Å². The lowest BCUT2D eigenvalue weighted by molar-refractivity contribution is 0.718. The molecule has 19 heavy (non-hydrogen) atoms. The van der Waals surface area contributed by atoms with Crippen LogP contribution in [0.2, 0.25) is 5.02 Å². The van der Waals surface area contributed by atoms with Gasteiger partial charge in [0, 0.05) is 28.7 Å².